The third kappa shape index (κ3) is 6.83. The molecule has 1 aliphatic rings. The standard InChI is InChI=1S/C14H5F23O3/c15-6(16)1(38-3(8(18,19)20)9(21,22)23)2(39-4(10(24,25)26)11(27,28)29)7(17,14(6,36)37)40-5(12(30,31)32)13(33,34)35/h1-5H/t1-,2+,7?/m1/s1. The van der Waals surface area contributed by atoms with Gasteiger partial charge in [-0.15, -0.1) is 0 Å². The van der Waals surface area contributed by atoms with Gasteiger partial charge >= 0.3 is 54.8 Å². The Morgan fingerprint density at radius 2 is 0.650 bits per heavy atom. The van der Waals surface area contributed by atoms with E-state index in [1.165, 1.54) is 0 Å². The summed E-state index contributed by atoms with van der Waals surface area (Å²) in [6, 6.07) is 0. The highest BCUT2D eigenvalue weighted by molar-refractivity contribution is 5.18. The van der Waals surface area contributed by atoms with Gasteiger partial charge in [0.1, 0.15) is 0 Å². The molecule has 0 aliphatic heterocycles. The van der Waals surface area contributed by atoms with E-state index in [1.54, 1.807) is 0 Å². The highest BCUT2D eigenvalue weighted by Gasteiger charge is 2.89. The molecule has 0 aromatic carbocycles. The first kappa shape index (κ1) is 36.3. The summed E-state index contributed by atoms with van der Waals surface area (Å²) in [6.07, 6.45) is -73.1. The predicted molar refractivity (Wildman–Crippen MR) is 72.3 cm³/mol. The molecule has 0 heterocycles. The van der Waals surface area contributed by atoms with Gasteiger partial charge in [0.2, 0.25) is 12.2 Å². The molecular formula is C14H5F23O3. The fraction of sp³-hybridized carbons (Fsp3) is 1.00. The third-order valence-corrected chi connectivity index (χ3v) is 4.48. The van der Waals surface area contributed by atoms with E-state index in [4.69, 9.17) is 0 Å². The number of hydrogen-bond acceptors (Lipinski definition) is 3. The summed E-state index contributed by atoms with van der Waals surface area (Å²) in [4.78, 5) is 0. The Morgan fingerprint density at radius 1 is 0.400 bits per heavy atom. The highest BCUT2D eigenvalue weighted by atomic mass is 19.4. The van der Waals surface area contributed by atoms with Crippen molar-refractivity contribution >= 4 is 0 Å². The average molecular weight is 658 g/mol. The quantitative estimate of drug-likeness (QED) is 0.283. The van der Waals surface area contributed by atoms with Crippen LogP contribution in [-0.2, 0) is 14.2 Å². The predicted octanol–water partition coefficient (Wildman–Crippen LogP) is 7.20. The Labute approximate surface area is 202 Å². The van der Waals surface area contributed by atoms with E-state index in [0.717, 1.165) is 0 Å². The van der Waals surface area contributed by atoms with Crippen LogP contribution in [0.3, 0.4) is 0 Å². The molecule has 1 rings (SSSR count). The molecule has 240 valence electrons. The lowest BCUT2D eigenvalue weighted by Crippen LogP contribution is -2.61. The van der Waals surface area contributed by atoms with Gasteiger partial charge in [0.25, 0.3) is 6.10 Å². The zero-order valence-corrected chi connectivity index (χ0v) is 17.3. The zero-order valence-electron chi connectivity index (χ0n) is 17.3. The molecule has 1 fully saturated rings. The molecular weight excluding hydrogens is 653 g/mol. The van der Waals surface area contributed by atoms with Crippen LogP contribution in [0.15, 0.2) is 0 Å². The lowest BCUT2D eigenvalue weighted by Gasteiger charge is -2.38. The van der Waals surface area contributed by atoms with Gasteiger partial charge in [0, 0.05) is 0 Å². The molecule has 3 nitrogen and oxygen atoms in total. The van der Waals surface area contributed by atoms with Crippen molar-refractivity contribution in [1.29, 1.82) is 0 Å². The molecule has 0 N–H and O–H groups in total. The minimum Gasteiger partial charge on any atom is -0.348 e. The Kier molecular flexibility index (Phi) is 9.01. The van der Waals surface area contributed by atoms with Gasteiger partial charge in [-0.3, -0.25) is 0 Å². The highest BCUT2D eigenvalue weighted by Crippen LogP contribution is 2.61. The van der Waals surface area contributed by atoms with Crippen LogP contribution in [0.5, 0.6) is 0 Å². The Morgan fingerprint density at radius 3 is 0.900 bits per heavy atom. The molecule has 0 saturated heterocycles. The molecule has 0 aromatic heterocycles. The lowest BCUT2D eigenvalue weighted by molar-refractivity contribution is -0.421. The average Bonchev–Trinajstić information content (AvgIpc) is 2.71. The second-order valence-electron chi connectivity index (χ2n) is 7.46. The summed E-state index contributed by atoms with van der Waals surface area (Å²) >= 11 is 0. The Balaban J connectivity index is 4.07. The summed E-state index contributed by atoms with van der Waals surface area (Å²) in [5.74, 6) is -22.5. The monoisotopic (exact) mass is 658 g/mol. The Hall–Kier alpha value is -1.73. The molecule has 0 spiro atoms. The van der Waals surface area contributed by atoms with E-state index >= 15 is 4.39 Å². The molecule has 0 radical (unpaired) electrons. The second kappa shape index (κ2) is 9.93. The number of rotatable bonds is 6. The fourth-order valence-electron chi connectivity index (χ4n) is 2.89. The van der Waals surface area contributed by atoms with Crippen LogP contribution in [-0.4, -0.2) is 85.3 Å². The maximum atomic E-state index is 15.0. The van der Waals surface area contributed by atoms with E-state index in [1.807, 2.05) is 0 Å². The first-order chi connectivity index (χ1) is 17.0. The smallest absolute Gasteiger partial charge is 0.348 e. The van der Waals surface area contributed by atoms with Crippen LogP contribution >= 0.6 is 0 Å². The first-order valence-electron chi connectivity index (χ1n) is 8.87. The fourth-order valence-corrected chi connectivity index (χ4v) is 2.89. The van der Waals surface area contributed by atoms with Gasteiger partial charge in [-0.1, -0.05) is 0 Å². The summed E-state index contributed by atoms with van der Waals surface area (Å²) in [6.45, 7) is 0. The maximum absolute atomic E-state index is 15.0. The van der Waals surface area contributed by atoms with E-state index < -0.39 is 85.3 Å². The molecule has 1 aliphatic carbocycles. The van der Waals surface area contributed by atoms with Gasteiger partial charge in [-0.05, 0) is 0 Å². The molecule has 3 atom stereocenters. The summed E-state index contributed by atoms with van der Waals surface area (Å²) in [5.41, 5.74) is 0. The van der Waals surface area contributed by atoms with Gasteiger partial charge in [-0.25, -0.2) is 4.39 Å². The van der Waals surface area contributed by atoms with Crippen molar-refractivity contribution in [3.8, 4) is 0 Å². The van der Waals surface area contributed by atoms with Crippen molar-refractivity contribution in [3.05, 3.63) is 0 Å². The van der Waals surface area contributed by atoms with Crippen LogP contribution in [0.2, 0.25) is 0 Å². The molecule has 0 bridgehead atoms. The van der Waals surface area contributed by atoms with E-state index in [-0.39, 0.29) is 0 Å². The SMILES string of the molecule is FC(F)(F)C(O[C@@H]1[C@H](OC(C(F)(F)F)C(F)(F)F)C(F)(OC(C(F)(F)F)C(F)(F)F)C(F)(F)C1(F)F)C(F)(F)F. The van der Waals surface area contributed by atoms with Gasteiger partial charge in [0.15, 0.2) is 12.2 Å². The van der Waals surface area contributed by atoms with Crippen molar-refractivity contribution in [3.63, 3.8) is 0 Å². The number of ether oxygens (including phenoxy) is 3. The molecule has 0 aromatic rings. The molecule has 1 unspecified atom stereocenters. The van der Waals surface area contributed by atoms with E-state index in [2.05, 4.69) is 14.2 Å². The van der Waals surface area contributed by atoms with Gasteiger partial charge in [-0.2, -0.15) is 96.6 Å². The zero-order chi connectivity index (χ0) is 32.5. The molecule has 26 heteroatoms. The van der Waals surface area contributed by atoms with E-state index in [0.29, 0.717) is 0 Å². The van der Waals surface area contributed by atoms with Crippen molar-refractivity contribution in [2.45, 2.75) is 85.3 Å². The topological polar surface area (TPSA) is 27.7 Å². The van der Waals surface area contributed by atoms with Crippen LogP contribution in [0.1, 0.15) is 0 Å². The minimum absolute atomic E-state index is 2.15. The Bertz CT molecular complexity index is 832. The first-order valence-corrected chi connectivity index (χ1v) is 8.87. The molecule has 1 saturated carbocycles. The number of hydrogen-bond donors (Lipinski definition) is 0. The van der Waals surface area contributed by atoms with Crippen LogP contribution in [0.4, 0.5) is 101 Å². The molecule has 0 amide bonds. The lowest BCUT2D eigenvalue weighted by atomic mass is 10.1. The normalized spacial score (nSPS) is 26.9. The summed E-state index contributed by atoms with van der Waals surface area (Å²) in [7, 11) is 0. The van der Waals surface area contributed by atoms with Crippen molar-refractivity contribution in [2.75, 3.05) is 0 Å². The van der Waals surface area contributed by atoms with Crippen LogP contribution < -0.4 is 0 Å². The van der Waals surface area contributed by atoms with Crippen molar-refractivity contribution in [1.82, 2.24) is 0 Å². The van der Waals surface area contributed by atoms with E-state index in [9.17, 15) is 96.6 Å². The summed E-state index contributed by atoms with van der Waals surface area (Å²) in [5, 5.41) is 0. The molecule has 40 heavy (non-hydrogen) atoms. The second-order valence-corrected chi connectivity index (χ2v) is 7.46. The maximum Gasteiger partial charge on any atom is 0.423 e. The van der Waals surface area contributed by atoms with Crippen molar-refractivity contribution < 1.29 is 115 Å². The summed E-state index contributed by atoms with van der Waals surface area (Å²) < 4.78 is 308. The minimum atomic E-state index is -7.71. The third-order valence-electron chi connectivity index (χ3n) is 4.48. The van der Waals surface area contributed by atoms with Crippen LogP contribution in [0, 0.1) is 0 Å². The largest absolute Gasteiger partial charge is 0.423 e. The van der Waals surface area contributed by atoms with Crippen molar-refractivity contribution in [2.24, 2.45) is 0 Å². The van der Waals surface area contributed by atoms with Gasteiger partial charge in [0.05, 0.1) is 0 Å². The number of alkyl halides is 23. The van der Waals surface area contributed by atoms with Gasteiger partial charge < -0.3 is 14.2 Å². The number of halogens is 23. The van der Waals surface area contributed by atoms with Crippen LogP contribution in [0.25, 0.3) is 0 Å².